The lowest BCUT2D eigenvalue weighted by Gasteiger charge is -2.27. The van der Waals surface area contributed by atoms with Crippen LogP contribution in [0.15, 0.2) is 36.4 Å². The predicted octanol–water partition coefficient (Wildman–Crippen LogP) is 2.69. The van der Waals surface area contributed by atoms with Crippen molar-refractivity contribution in [2.75, 3.05) is 33.5 Å². The number of rotatable bonds is 17. The van der Waals surface area contributed by atoms with Crippen LogP contribution in [0.1, 0.15) is 149 Å². The van der Waals surface area contributed by atoms with E-state index in [1.165, 1.54) is 18.2 Å². The molecule has 0 radical (unpaired) electrons. The molecule has 2 fully saturated rings. The molecule has 0 saturated carbocycles. The van der Waals surface area contributed by atoms with Crippen LogP contribution in [0.5, 0.6) is 11.5 Å². The van der Waals surface area contributed by atoms with E-state index in [-0.39, 0.29) is 122 Å². The lowest BCUT2D eigenvalue weighted by atomic mass is 10.0. The van der Waals surface area contributed by atoms with E-state index >= 15 is 0 Å². The van der Waals surface area contributed by atoms with Crippen LogP contribution in [0, 0.1) is 0 Å². The summed E-state index contributed by atoms with van der Waals surface area (Å²) >= 11 is 0. The van der Waals surface area contributed by atoms with Crippen molar-refractivity contribution >= 4 is 71.1 Å². The Hall–Kier alpha value is -7.63. The molecule has 2 saturated heterocycles. The van der Waals surface area contributed by atoms with Crippen molar-refractivity contribution in [3.05, 3.63) is 58.7 Å². The zero-order chi connectivity index (χ0) is 55.5. The zero-order valence-corrected chi connectivity index (χ0v) is 41.6. The number of piperidine rings is 2. The standard InChI is InChI=1S/C24H29N3O8.C17H16N2O7.C7H15NO2.CH3F/c1-24(2,3)35-19(30)11-12-25-17(28)8-5-13-34-16-7-4-6-14-20(16)23(33)27(22(14)32)15-9-10-18(29)26-21(15)31;20-12-7-6-10(15(23)18-12)19-16(24)9-3-1-4-11(14(9)17(19)25)26-8-2-5-13(21)22;1-7(2,3)10-6(9)4-5-8;1-2/h4,6-7,15H,5,8-13H2,1-3H3,(H,25,28)(H,26,29,31);1,3-4,10H,2,5-8H2,(H,21,22)(H,18,20,23);4-5,8H2,1-3H3;1H3/i;;;1D. The Morgan fingerprint density at radius 3 is 1.48 bits per heavy atom. The van der Waals surface area contributed by atoms with Gasteiger partial charge in [-0.2, -0.15) is 0 Å². The Kier molecular flexibility index (Phi) is 21.6. The lowest BCUT2D eigenvalue weighted by Crippen LogP contribution is -2.54. The van der Waals surface area contributed by atoms with Gasteiger partial charge in [0.1, 0.15) is 34.8 Å². The summed E-state index contributed by atoms with van der Waals surface area (Å²) in [7, 11) is -1.00. The first-order chi connectivity index (χ1) is 34.7. The van der Waals surface area contributed by atoms with E-state index in [1.807, 2.05) is 20.8 Å². The maximum absolute atomic E-state index is 13.0. The maximum Gasteiger partial charge on any atom is 0.308 e. The molecule has 9 amide bonds. The number of amides is 9. The van der Waals surface area contributed by atoms with Crippen molar-refractivity contribution < 1.29 is 87.3 Å². The number of aliphatic carboxylic acids is 1. The van der Waals surface area contributed by atoms with Crippen LogP contribution >= 0.6 is 0 Å². The van der Waals surface area contributed by atoms with Crippen molar-refractivity contribution in [2.45, 2.75) is 129 Å². The van der Waals surface area contributed by atoms with Gasteiger partial charge < -0.3 is 35.1 Å². The highest BCUT2D eigenvalue weighted by atomic mass is 19.1. The summed E-state index contributed by atoms with van der Waals surface area (Å²) in [6.45, 7) is 11.5. The molecule has 6 N–H and O–H groups in total. The number of halogens is 1. The lowest BCUT2D eigenvalue weighted by molar-refractivity contribution is -0.155. The number of hydrogen-bond donors (Lipinski definition) is 5. The number of carboxylic acid groups (broad SMARTS) is 1. The first kappa shape index (κ1) is 57.9. The SMILES string of the molecule is CC(C)(C)OC(=O)CCN.CC(C)(C)OC(=O)CCNC(=O)CCCOc1cccc2c1C(=O)N(C1CCC(=O)NC1=O)C2=O.O=C(O)CCCOc1cccc2c1C(=O)N(C1CCC(=O)NC1=O)C2=O.[2H]CF. The van der Waals surface area contributed by atoms with Gasteiger partial charge in [-0.1, -0.05) is 12.1 Å². The third-order valence-electron chi connectivity index (χ3n) is 10.3. The van der Waals surface area contributed by atoms with Crippen molar-refractivity contribution in [3.8, 4) is 11.5 Å². The van der Waals surface area contributed by atoms with Crippen LogP contribution in [0.3, 0.4) is 0 Å². The third kappa shape index (κ3) is 17.6. The molecular formula is C49H63FN6O17. The number of nitrogens with zero attached hydrogens (tertiary/aromatic N) is 2. The quantitative estimate of drug-likeness (QED) is 0.0864. The number of alkyl halides is 1. The van der Waals surface area contributed by atoms with Crippen molar-refractivity contribution in [1.29, 1.82) is 0 Å². The average Bonchev–Trinajstić information content (AvgIpc) is 3.70. The van der Waals surface area contributed by atoms with E-state index in [9.17, 15) is 61.9 Å². The molecule has 2 aromatic rings. The van der Waals surface area contributed by atoms with Crippen molar-refractivity contribution in [1.82, 2.24) is 25.8 Å². The number of nitrogens with one attached hydrogen (secondary N) is 3. The number of fused-ring (bicyclic) bond motifs is 2. The molecule has 6 rings (SSSR count). The van der Waals surface area contributed by atoms with Crippen LogP contribution < -0.4 is 31.2 Å². The van der Waals surface area contributed by atoms with Gasteiger partial charge in [0.15, 0.2) is 0 Å². The Bertz CT molecular complexity index is 2470. The molecule has 2 unspecified atom stereocenters. The Balaban J connectivity index is 0.000000323. The first-order valence-corrected chi connectivity index (χ1v) is 23.2. The summed E-state index contributed by atoms with van der Waals surface area (Å²) in [5, 5.41) is 15.6. The second kappa shape index (κ2) is 27.3. The van der Waals surface area contributed by atoms with Gasteiger partial charge in [0.05, 0.1) is 56.8 Å². The molecule has 24 heteroatoms. The highest BCUT2D eigenvalue weighted by Gasteiger charge is 2.47. The Morgan fingerprint density at radius 2 is 1.10 bits per heavy atom. The Labute approximate surface area is 421 Å². The van der Waals surface area contributed by atoms with Crippen LogP contribution in [-0.4, -0.2) is 143 Å². The molecule has 0 aromatic heterocycles. The van der Waals surface area contributed by atoms with Crippen molar-refractivity contribution in [3.63, 3.8) is 0 Å². The molecule has 0 aliphatic carbocycles. The van der Waals surface area contributed by atoms with Gasteiger partial charge in [0.25, 0.3) is 23.6 Å². The molecule has 4 aliphatic rings. The zero-order valence-electron chi connectivity index (χ0n) is 42.6. The summed E-state index contributed by atoms with van der Waals surface area (Å²) < 4.78 is 36.8. The summed E-state index contributed by atoms with van der Waals surface area (Å²) in [5.74, 6) is -6.29. The highest BCUT2D eigenvalue weighted by molar-refractivity contribution is 6.25. The fourth-order valence-electron chi connectivity index (χ4n) is 7.32. The third-order valence-corrected chi connectivity index (χ3v) is 10.3. The fourth-order valence-corrected chi connectivity index (χ4v) is 7.32. The smallest absolute Gasteiger partial charge is 0.308 e. The van der Waals surface area contributed by atoms with E-state index in [0.717, 1.165) is 9.80 Å². The average molecular weight is 1030 g/mol. The first-order valence-electron chi connectivity index (χ1n) is 23.9. The van der Waals surface area contributed by atoms with Gasteiger partial charge in [-0.25, -0.2) is 0 Å². The molecule has 2 atom stereocenters. The maximum atomic E-state index is 13.0. The van der Waals surface area contributed by atoms with E-state index in [2.05, 4.69) is 16.0 Å². The number of carboxylic acids is 1. The Morgan fingerprint density at radius 1 is 0.685 bits per heavy atom. The minimum absolute atomic E-state index is 0.0347. The molecule has 0 bridgehead atoms. The molecule has 73 heavy (non-hydrogen) atoms. The molecule has 23 nitrogen and oxygen atoms in total. The van der Waals surface area contributed by atoms with E-state index in [1.54, 1.807) is 39.0 Å². The molecule has 4 aliphatic heterocycles. The molecule has 0 spiro atoms. The number of esters is 2. The number of nitrogens with two attached hydrogens (primary N) is 1. The molecule has 4 heterocycles. The van der Waals surface area contributed by atoms with Crippen LogP contribution in [0.4, 0.5) is 4.39 Å². The van der Waals surface area contributed by atoms with Gasteiger partial charge in [-0.05, 0) is 91.5 Å². The monoisotopic (exact) mass is 1030 g/mol. The molecular weight excluding hydrogens is 964 g/mol. The fraction of sp³-hybridized carbons (Fsp3) is 0.510. The van der Waals surface area contributed by atoms with Gasteiger partial charge in [0, 0.05) is 38.8 Å². The minimum Gasteiger partial charge on any atom is -0.493 e. The highest BCUT2D eigenvalue weighted by Crippen LogP contribution is 2.35. The van der Waals surface area contributed by atoms with E-state index < -0.39 is 84.0 Å². The minimum atomic E-state index is -1.06. The van der Waals surface area contributed by atoms with E-state index in [4.69, 9.17) is 31.2 Å². The van der Waals surface area contributed by atoms with Crippen molar-refractivity contribution in [2.24, 2.45) is 5.73 Å². The molecule has 2 aromatic carbocycles. The normalized spacial score (nSPS) is 17.2. The summed E-state index contributed by atoms with van der Waals surface area (Å²) in [4.78, 5) is 145. The number of hydrogen-bond acceptors (Lipinski definition) is 17. The second-order valence-corrected chi connectivity index (χ2v) is 18.4. The van der Waals surface area contributed by atoms with Crippen LogP contribution in [-0.2, 0) is 47.8 Å². The summed E-state index contributed by atoms with van der Waals surface area (Å²) in [6, 6.07) is 7.01. The van der Waals surface area contributed by atoms with Crippen LogP contribution in [0.25, 0.3) is 0 Å². The number of carbonyl (C=O) groups is 12. The predicted molar refractivity (Wildman–Crippen MR) is 253 cm³/mol. The van der Waals surface area contributed by atoms with Gasteiger partial charge in [-0.3, -0.25) is 82.4 Å². The number of imide groups is 4. The number of carbonyl (C=O) groups excluding carboxylic acids is 11. The summed E-state index contributed by atoms with van der Waals surface area (Å²) in [5.41, 5.74) is 4.54. The van der Waals surface area contributed by atoms with Gasteiger partial charge >= 0.3 is 17.9 Å². The number of ether oxygens (including phenoxy) is 4. The number of benzene rings is 2. The van der Waals surface area contributed by atoms with E-state index in [0.29, 0.717) is 19.4 Å². The molecule has 398 valence electrons. The van der Waals surface area contributed by atoms with Gasteiger partial charge in [0.2, 0.25) is 29.5 Å². The summed E-state index contributed by atoms with van der Waals surface area (Å²) in [6.07, 6.45) is 1.23. The second-order valence-electron chi connectivity index (χ2n) is 18.4. The van der Waals surface area contributed by atoms with Gasteiger partial charge in [-0.15, -0.1) is 0 Å². The topological polar surface area (TPSA) is 331 Å². The largest absolute Gasteiger partial charge is 0.493 e. The van der Waals surface area contributed by atoms with Crippen LogP contribution in [0.2, 0.25) is 0 Å².